The average molecular weight is 256 g/mol. The van der Waals surface area contributed by atoms with Crippen LogP contribution in [0.4, 0.5) is 0 Å². The molecule has 0 N–H and O–H groups in total. The summed E-state index contributed by atoms with van der Waals surface area (Å²) in [5, 5.41) is 15.1. The summed E-state index contributed by atoms with van der Waals surface area (Å²) in [6.07, 6.45) is 1.30. The maximum Gasteiger partial charge on any atom is 0.324 e. The predicted octanol–water partition coefficient (Wildman–Crippen LogP) is 2.01. The second-order valence-electron chi connectivity index (χ2n) is 3.57. The van der Waals surface area contributed by atoms with Crippen LogP contribution < -0.4 is 0 Å². The van der Waals surface area contributed by atoms with E-state index in [0.29, 0.717) is 0 Å². The zero-order valence-corrected chi connectivity index (χ0v) is 11.7. The molecule has 0 aliphatic rings. The van der Waals surface area contributed by atoms with Crippen molar-refractivity contribution in [3.8, 4) is 12.3 Å². The van der Waals surface area contributed by atoms with E-state index < -0.39 is 5.97 Å². The van der Waals surface area contributed by atoms with E-state index in [1.807, 2.05) is 0 Å². The lowest BCUT2D eigenvalue weighted by atomic mass is 10.2. The van der Waals surface area contributed by atoms with Crippen molar-refractivity contribution in [3.63, 3.8) is 0 Å². The van der Waals surface area contributed by atoms with Crippen LogP contribution in [0.3, 0.4) is 0 Å². The molecule has 0 spiro atoms. The lowest BCUT2D eigenvalue weighted by Gasteiger charge is -1.97. The Labute approximate surface area is 108 Å². The van der Waals surface area contributed by atoms with Crippen LogP contribution in [0.5, 0.6) is 0 Å². The second kappa shape index (κ2) is 14.9. The maximum atomic E-state index is 10.3. The van der Waals surface area contributed by atoms with E-state index in [1.54, 1.807) is 33.8 Å². The van der Waals surface area contributed by atoms with Crippen molar-refractivity contribution in [2.45, 2.75) is 34.6 Å². The summed E-state index contributed by atoms with van der Waals surface area (Å²) >= 11 is 0. The highest BCUT2D eigenvalue weighted by molar-refractivity contribution is 5.72. The molecule has 102 valence electrons. The van der Waals surface area contributed by atoms with Crippen LogP contribution in [-0.4, -0.2) is 19.0 Å². The highest BCUT2D eigenvalue weighted by atomic mass is 16.5. The molecule has 0 heterocycles. The number of carbonyl (C=O) groups excluding carboxylic acids is 2. The molecule has 0 radical (unpaired) electrons. The summed E-state index contributed by atoms with van der Waals surface area (Å²) < 4.78 is 8.34. The van der Waals surface area contributed by atoms with Gasteiger partial charge in [-0.3, -0.25) is 9.59 Å². The van der Waals surface area contributed by atoms with Gasteiger partial charge in [0.15, 0.2) is 0 Å². The summed E-state index contributed by atoms with van der Waals surface area (Å²) in [4.78, 5) is 20.6. The number of nitrogens with zero attached hydrogens (tertiary/aromatic N) is 2. The summed E-state index contributed by atoms with van der Waals surface area (Å²) in [5.74, 6) is -0.841. The zero-order valence-electron chi connectivity index (χ0n) is 11.7. The van der Waals surface area contributed by atoms with Gasteiger partial charge < -0.3 is 9.47 Å². The van der Waals surface area contributed by atoms with Gasteiger partial charge in [0.1, 0.15) is 0 Å². The Balaban J connectivity index is -0.000000207. The molecule has 6 heteroatoms. The molecule has 0 atom stereocenters. The molecule has 0 saturated heterocycles. The van der Waals surface area contributed by atoms with Crippen molar-refractivity contribution >= 4 is 11.9 Å². The molecular formula is C12H20N2O4. The molecule has 0 bridgehead atoms. The fourth-order valence-corrected chi connectivity index (χ4v) is 0.399. The first-order chi connectivity index (χ1) is 8.28. The number of nitriles is 2. The van der Waals surface area contributed by atoms with Gasteiger partial charge in [-0.2, -0.15) is 5.26 Å². The Morgan fingerprint density at radius 2 is 1.33 bits per heavy atom. The number of carbonyl (C=O) groups is 2. The third kappa shape index (κ3) is 19.5. The van der Waals surface area contributed by atoms with Gasteiger partial charge in [-0.1, -0.05) is 27.7 Å². The van der Waals surface area contributed by atoms with E-state index in [2.05, 4.69) is 9.47 Å². The van der Waals surface area contributed by atoms with Gasteiger partial charge in [0.2, 0.25) is 0 Å². The first kappa shape index (κ1) is 21.2. The first-order valence-corrected chi connectivity index (χ1v) is 5.26. The smallest absolute Gasteiger partial charge is 0.324 e. The Bertz CT molecular complexity index is 311. The minimum Gasteiger partial charge on any atom is -0.469 e. The summed E-state index contributed by atoms with van der Waals surface area (Å²) in [6, 6.07) is 1.75. The third-order valence-electron chi connectivity index (χ3n) is 1.29. The van der Waals surface area contributed by atoms with Crippen molar-refractivity contribution in [1.82, 2.24) is 0 Å². The number of esters is 2. The molecule has 0 aromatic heterocycles. The number of methoxy groups -OCH3 is 1. The van der Waals surface area contributed by atoms with E-state index in [4.69, 9.17) is 10.5 Å². The van der Waals surface area contributed by atoms with Crippen molar-refractivity contribution < 1.29 is 19.1 Å². The Kier molecular flexibility index (Phi) is 17.6. The zero-order chi connectivity index (χ0) is 15.1. The number of rotatable bonds is 2. The molecule has 0 saturated carbocycles. The summed E-state index contributed by atoms with van der Waals surface area (Å²) in [5.41, 5.74) is 0. The van der Waals surface area contributed by atoms with E-state index in [0.717, 1.165) is 0 Å². The van der Waals surface area contributed by atoms with Crippen molar-refractivity contribution in [3.05, 3.63) is 0 Å². The van der Waals surface area contributed by atoms with E-state index in [-0.39, 0.29) is 17.8 Å². The molecular weight excluding hydrogens is 236 g/mol. The van der Waals surface area contributed by atoms with E-state index in [1.165, 1.54) is 20.3 Å². The quantitative estimate of drug-likeness (QED) is 0.553. The van der Waals surface area contributed by atoms with Crippen molar-refractivity contribution in [2.75, 3.05) is 7.11 Å². The van der Waals surface area contributed by atoms with Crippen LogP contribution in [-0.2, 0) is 19.1 Å². The highest BCUT2D eigenvalue weighted by Gasteiger charge is 2.06. The van der Waals surface area contributed by atoms with Crippen LogP contribution in [0.25, 0.3) is 0 Å². The summed E-state index contributed by atoms with van der Waals surface area (Å²) in [7, 11) is 1.39. The molecule has 0 rings (SSSR count). The minimum atomic E-state index is -0.479. The highest BCUT2D eigenvalue weighted by Crippen LogP contribution is 1.93. The van der Waals surface area contributed by atoms with Gasteiger partial charge in [-0.15, -0.1) is 5.26 Å². The number of hydrogen-bond acceptors (Lipinski definition) is 6. The first-order valence-electron chi connectivity index (χ1n) is 5.26. The topological polar surface area (TPSA) is 100 Å². The Hall–Kier alpha value is -2.08. The second-order valence-corrected chi connectivity index (χ2v) is 3.57. The van der Waals surface area contributed by atoms with E-state index in [9.17, 15) is 9.59 Å². The molecule has 0 aromatic rings. The standard InChI is InChI=1S/C5H7NO2.C5H10O2.C2H3N/c1-4(2)5(7)8-3-6;1-4(2)5(6)7-3;1-2-3/h4H,1-2H3;4H,1-3H3;1H3. The molecule has 0 aliphatic heterocycles. The number of ether oxygens (including phenoxy) is 2. The van der Waals surface area contributed by atoms with Crippen LogP contribution in [0.2, 0.25) is 0 Å². The van der Waals surface area contributed by atoms with Crippen LogP contribution >= 0.6 is 0 Å². The lowest BCUT2D eigenvalue weighted by Crippen LogP contribution is -2.07. The van der Waals surface area contributed by atoms with Gasteiger partial charge in [0, 0.05) is 6.92 Å². The maximum absolute atomic E-state index is 10.3. The number of hydrogen-bond donors (Lipinski definition) is 0. The average Bonchev–Trinajstić information content (AvgIpc) is 2.30. The molecule has 0 aromatic carbocycles. The largest absolute Gasteiger partial charge is 0.469 e. The third-order valence-corrected chi connectivity index (χ3v) is 1.29. The fraction of sp³-hybridized carbons (Fsp3) is 0.667. The molecule has 0 unspecified atom stereocenters. The van der Waals surface area contributed by atoms with Crippen LogP contribution in [0, 0.1) is 34.7 Å². The molecule has 18 heavy (non-hydrogen) atoms. The molecule has 0 fully saturated rings. The van der Waals surface area contributed by atoms with Crippen LogP contribution in [0.15, 0.2) is 0 Å². The predicted molar refractivity (Wildman–Crippen MR) is 64.7 cm³/mol. The Morgan fingerprint density at radius 3 is 1.39 bits per heavy atom. The molecule has 0 amide bonds. The lowest BCUT2D eigenvalue weighted by molar-refractivity contribution is -0.144. The van der Waals surface area contributed by atoms with Crippen molar-refractivity contribution in [2.24, 2.45) is 11.8 Å². The van der Waals surface area contributed by atoms with Gasteiger partial charge >= 0.3 is 11.9 Å². The van der Waals surface area contributed by atoms with Gasteiger partial charge in [0.05, 0.1) is 25.0 Å². The monoisotopic (exact) mass is 256 g/mol. The minimum absolute atomic E-state index is 0.00463. The van der Waals surface area contributed by atoms with Crippen LogP contribution in [0.1, 0.15) is 34.6 Å². The normalized spacial score (nSPS) is 7.67. The van der Waals surface area contributed by atoms with Gasteiger partial charge in [-0.25, -0.2) is 0 Å². The summed E-state index contributed by atoms with van der Waals surface area (Å²) in [6.45, 7) is 8.36. The Morgan fingerprint density at radius 1 is 1.00 bits per heavy atom. The fourth-order valence-electron chi connectivity index (χ4n) is 0.399. The van der Waals surface area contributed by atoms with Gasteiger partial charge in [-0.05, 0) is 0 Å². The van der Waals surface area contributed by atoms with Crippen molar-refractivity contribution in [1.29, 1.82) is 10.5 Å². The SMILES string of the molecule is CC#N.CC(C)C(=O)OC#N.COC(=O)C(C)C. The molecule has 6 nitrogen and oxygen atoms in total. The van der Waals surface area contributed by atoms with E-state index >= 15 is 0 Å². The molecule has 0 aliphatic carbocycles. The van der Waals surface area contributed by atoms with Gasteiger partial charge in [0.25, 0.3) is 6.26 Å².